The molecular weight excluding hydrogens is 296 g/mol. The number of hydrogen-bond acceptors (Lipinski definition) is 3. The molecule has 0 N–H and O–H groups in total. The fraction of sp³-hybridized carbons (Fsp3) is 0.190. The van der Waals surface area contributed by atoms with Crippen molar-refractivity contribution in [3.05, 3.63) is 71.4 Å². The number of ether oxygens (including phenoxy) is 1. The zero-order chi connectivity index (χ0) is 16.6. The van der Waals surface area contributed by atoms with Crippen LogP contribution in [0.5, 0.6) is 5.75 Å². The molecule has 0 spiro atoms. The third-order valence-electron chi connectivity index (χ3n) is 3.76. The molecule has 0 heterocycles. The minimum absolute atomic E-state index is 0.791. The van der Waals surface area contributed by atoms with Gasteiger partial charge < -0.3 is 4.74 Å². The smallest absolute Gasteiger partial charge is 0.134 e. The van der Waals surface area contributed by atoms with Crippen LogP contribution in [0.3, 0.4) is 0 Å². The summed E-state index contributed by atoms with van der Waals surface area (Å²) in [5, 5.41) is 0. The number of allylic oxidation sites excluding steroid dienone is 2. The Hall–Kier alpha value is -3.08. The molecule has 2 aromatic rings. The predicted octanol–water partition coefficient (Wildman–Crippen LogP) is 4.99. The maximum absolute atomic E-state index is 5.33. The summed E-state index contributed by atoms with van der Waals surface area (Å²) < 4.78 is 5.33. The molecule has 1 aliphatic carbocycles. The third kappa shape index (κ3) is 4.01. The molecule has 0 saturated heterocycles. The van der Waals surface area contributed by atoms with Crippen LogP contribution in [-0.4, -0.2) is 13.1 Å². The van der Waals surface area contributed by atoms with Crippen molar-refractivity contribution in [2.24, 2.45) is 9.98 Å². The van der Waals surface area contributed by atoms with E-state index in [9.17, 15) is 0 Å². The highest BCUT2D eigenvalue weighted by molar-refractivity contribution is 5.55. The second kappa shape index (κ2) is 7.97. The standard InChI is InChI=1S/C21H18N2O/c1-24-21-13-6-5-8-18(21)15-14-17-9-7-12-20(17)23-16-22-19-10-3-2-4-11-19/h2-6,8,10-11,13H,7,9,12H2,1H3. The maximum atomic E-state index is 5.33. The van der Waals surface area contributed by atoms with Gasteiger partial charge in [0.25, 0.3) is 0 Å². The van der Waals surface area contributed by atoms with Gasteiger partial charge in [0, 0.05) is 5.57 Å². The van der Waals surface area contributed by atoms with E-state index in [1.54, 1.807) is 7.11 Å². The molecule has 24 heavy (non-hydrogen) atoms. The van der Waals surface area contributed by atoms with E-state index in [1.165, 1.54) is 0 Å². The van der Waals surface area contributed by atoms with E-state index in [0.29, 0.717) is 0 Å². The van der Waals surface area contributed by atoms with E-state index < -0.39 is 0 Å². The number of methoxy groups -OCH3 is 1. The van der Waals surface area contributed by atoms with Crippen molar-refractivity contribution in [2.45, 2.75) is 19.3 Å². The van der Waals surface area contributed by atoms with Gasteiger partial charge in [-0.15, -0.1) is 0 Å². The lowest BCUT2D eigenvalue weighted by atomic mass is 10.1. The van der Waals surface area contributed by atoms with Crippen LogP contribution in [0.1, 0.15) is 24.8 Å². The fourth-order valence-electron chi connectivity index (χ4n) is 2.52. The number of nitrogens with zero attached hydrogens (tertiary/aromatic N) is 2. The van der Waals surface area contributed by atoms with Crippen molar-refractivity contribution in [3.63, 3.8) is 0 Å². The lowest BCUT2D eigenvalue weighted by molar-refractivity contribution is 0.413. The lowest BCUT2D eigenvalue weighted by Crippen LogP contribution is -1.86. The topological polar surface area (TPSA) is 34.0 Å². The van der Waals surface area contributed by atoms with Crippen molar-refractivity contribution in [1.82, 2.24) is 0 Å². The zero-order valence-corrected chi connectivity index (χ0v) is 13.6. The molecule has 0 atom stereocenters. The molecule has 0 fully saturated rings. The van der Waals surface area contributed by atoms with Gasteiger partial charge >= 0.3 is 0 Å². The van der Waals surface area contributed by atoms with Crippen LogP contribution < -0.4 is 4.74 Å². The van der Waals surface area contributed by atoms with Crippen LogP contribution in [0, 0.1) is 11.8 Å². The molecule has 118 valence electrons. The first-order valence-electron chi connectivity index (χ1n) is 7.95. The maximum Gasteiger partial charge on any atom is 0.134 e. The van der Waals surface area contributed by atoms with Crippen LogP contribution in [0.25, 0.3) is 0 Å². The van der Waals surface area contributed by atoms with Gasteiger partial charge in [0.1, 0.15) is 11.8 Å². The Morgan fingerprint density at radius 2 is 1.67 bits per heavy atom. The summed E-state index contributed by atoms with van der Waals surface area (Å²) in [7, 11) is 1.66. The molecule has 3 heteroatoms. The van der Waals surface area contributed by atoms with Crippen molar-refractivity contribution in [3.8, 4) is 17.6 Å². The molecule has 0 unspecified atom stereocenters. The van der Waals surface area contributed by atoms with Crippen LogP contribution in [0.2, 0.25) is 0 Å². The SMILES string of the molecule is COc1ccccc1C#CC1=C(N=C=Nc2ccccc2)CCC1. The van der Waals surface area contributed by atoms with Crippen molar-refractivity contribution < 1.29 is 4.74 Å². The van der Waals surface area contributed by atoms with Gasteiger partial charge in [-0.2, -0.15) is 9.98 Å². The first-order valence-corrected chi connectivity index (χ1v) is 7.95. The predicted molar refractivity (Wildman–Crippen MR) is 96.7 cm³/mol. The number of hydrogen-bond donors (Lipinski definition) is 0. The zero-order valence-electron chi connectivity index (χ0n) is 13.6. The summed E-state index contributed by atoms with van der Waals surface area (Å²) in [5.74, 6) is 7.23. The Morgan fingerprint density at radius 3 is 2.50 bits per heavy atom. The van der Waals surface area contributed by atoms with Crippen molar-refractivity contribution in [1.29, 1.82) is 0 Å². The summed E-state index contributed by atoms with van der Waals surface area (Å²) >= 11 is 0. The molecule has 3 nitrogen and oxygen atoms in total. The first kappa shape index (κ1) is 15.8. The van der Waals surface area contributed by atoms with E-state index in [2.05, 4.69) is 27.8 Å². The van der Waals surface area contributed by atoms with Gasteiger partial charge in [0.05, 0.1) is 24.1 Å². The van der Waals surface area contributed by atoms with Gasteiger partial charge in [-0.3, -0.25) is 0 Å². The quantitative estimate of drug-likeness (QED) is 0.580. The molecule has 3 rings (SSSR count). The number of aliphatic imine (C=N–C) groups is 2. The molecule has 2 aromatic carbocycles. The van der Waals surface area contributed by atoms with Gasteiger partial charge in [-0.25, -0.2) is 0 Å². The van der Waals surface area contributed by atoms with Crippen molar-refractivity contribution in [2.75, 3.05) is 7.11 Å². The highest BCUT2D eigenvalue weighted by Crippen LogP contribution is 2.26. The second-order valence-electron chi connectivity index (χ2n) is 5.39. The molecule has 0 aromatic heterocycles. The van der Waals surface area contributed by atoms with Gasteiger partial charge in [-0.05, 0) is 43.5 Å². The van der Waals surface area contributed by atoms with Gasteiger partial charge in [0.2, 0.25) is 0 Å². The van der Waals surface area contributed by atoms with E-state index in [4.69, 9.17) is 4.74 Å². The van der Waals surface area contributed by atoms with E-state index in [0.717, 1.165) is 47.5 Å². The van der Waals surface area contributed by atoms with Crippen LogP contribution in [-0.2, 0) is 0 Å². The molecular formula is C21H18N2O. The molecule has 1 aliphatic rings. The van der Waals surface area contributed by atoms with E-state index in [1.807, 2.05) is 54.6 Å². The third-order valence-corrected chi connectivity index (χ3v) is 3.76. The van der Waals surface area contributed by atoms with E-state index >= 15 is 0 Å². The minimum Gasteiger partial charge on any atom is -0.495 e. The summed E-state index contributed by atoms with van der Waals surface area (Å²) in [6.45, 7) is 0. The molecule has 0 aliphatic heterocycles. The Kier molecular flexibility index (Phi) is 5.24. The Balaban J connectivity index is 1.83. The van der Waals surface area contributed by atoms with Crippen LogP contribution >= 0.6 is 0 Å². The average Bonchev–Trinajstić information content (AvgIpc) is 3.08. The largest absolute Gasteiger partial charge is 0.495 e. The minimum atomic E-state index is 0.791. The molecule has 0 bridgehead atoms. The van der Waals surface area contributed by atoms with Crippen LogP contribution in [0.4, 0.5) is 5.69 Å². The number of benzene rings is 2. The van der Waals surface area contributed by atoms with Crippen molar-refractivity contribution >= 4 is 11.7 Å². The Labute approximate surface area is 142 Å². The highest BCUT2D eigenvalue weighted by atomic mass is 16.5. The summed E-state index contributed by atoms with van der Waals surface area (Å²) in [4.78, 5) is 8.61. The Bertz CT molecular complexity index is 863. The summed E-state index contributed by atoms with van der Waals surface area (Å²) in [6.07, 6.45) is 2.95. The summed E-state index contributed by atoms with van der Waals surface area (Å²) in [5.41, 5.74) is 3.79. The second-order valence-corrected chi connectivity index (χ2v) is 5.39. The van der Waals surface area contributed by atoms with Crippen LogP contribution in [0.15, 0.2) is 75.9 Å². The van der Waals surface area contributed by atoms with Gasteiger partial charge in [0.15, 0.2) is 0 Å². The monoisotopic (exact) mass is 314 g/mol. The normalized spacial score (nSPS) is 12.9. The summed E-state index contributed by atoms with van der Waals surface area (Å²) in [6, 6.07) is 20.3. The molecule has 0 amide bonds. The number of para-hydroxylation sites is 2. The number of rotatable bonds is 3. The fourth-order valence-corrected chi connectivity index (χ4v) is 2.52. The molecule has 0 saturated carbocycles. The van der Waals surface area contributed by atoms with Gasteiger partial charge in [-0.1, -0.05) is 42.2 Å². The highest BCUT2D eigenvalue weighted by Gasteiger charge is 2.11. The van der Waals surface area contributed by atoms with E-state index in [-0.39, 0.29) is 0 Å². The Morgan fingerprint density at radius 1 is 0.875 bits per heavy atom. The average molecular weight is 314 g/mol. The lowest BCUT2D eigenvalue weighted by Gasteiger charge is -2.01. The molecule has 0 radical (unpaired) electrons. The first-order chi connectivity index (χ1) is 11.9.